The number of alkyl halides is 2. The fourth-order valence-electron chi connectivity index (χ4n) is 2.28. The molecule has 2 rings (SSSR count). The molecule has 1 aliphatic carbocycles. The summed E-state index contributed by atoms with van der Waals surface area (Å²) in [4.78, 5) is 16.7. The van der Waals surface area contributed by atoms with Gasteiger partial charge in [0.15, 0.2) is 0 Å². The standard InChI is InChI=1S/C12H16F2N2OS/c13-5-9(6-14)16-12(17)11-10(15-7-18-11)8-3-1-2-4-8/h7-9H,1-6H2,(H,16,17). The highest BCUT2D eigenvalue weighted by Gasteiger charge is 2.26. The first-order valence-corrected chi connectivity index (χ1v) is 7.00. The lowest BCUT2D eigenvalue weighted by molar-refractivity contribution is 0.0924. The van der Waals surface area contributed by atoms with Crippen LogP contribution in [0, 0.1) is 0 Å². The minimum Gasteiger partial charge on any atom is -0.343 e. The van der Waals surface area contributed by atoms with Gasteiger partial charge in [-0.3, -0.25) is 4.79 Å². The van der Waals surface area contributed by atoms with Crippen LogP contribution in [-0.2, 0) is 0 Å². The maximum Gasteiger partial charge on any atom is 0.263 e. The molecule has 1 heterocycles. The number of carbonyl (C=O) groups is 1. The molecule has 0 saturated heterocycles. The lowest BCUT2D eigenvalue weighted by Gasteiger charge is -2.13. The first kappa shape index (κ1) is 13.4. The minimum atomic E-state index is -1.05. The third-order valence-corrected chi connectivity index (χ3v) is 4.09. The van der Waals surface area contributed by atoms with Crippen molar-refractivity contribution in [3.63, 3.8) is 0 Å². The van der Waals surface area contributed by atoms with Gasteiger partial charge in [0.2, 0.25) is 0 Å². The molecule has 0 bridgehead atoms. The van der Waals surface area contributed by atoms with Gasteiger partial charge in [-0.25, -0.2) is 13.8 Å². The highest BCUT2D eigenvalue weighted by atomic mass is 32.1. The molecule has 0 unspecified atom stereocenters. The van der Waals surface area contributed by atoms with E-state index in [1.165, 1.54) is 11.3 Å². The van der Waals surface area contributed by atoms with Crippen molar-refractivity contribution in [1.29, 1.82) is 0 Å². The van der Waals surface area contributed by atoms with Crippen molar-refractivity contribution in [3.8, 4) is 0 Å². The van der Waals surface area contributed by atoms with E-state index >= 15 is 0 Å². The lowest BCUT2D eigenvalue weighted by Crippen LogP contribution is -2.38. The van der Waals surface area contributed by atoms with E-state index in [0.717, 1.165) is 31.4 Å². The van der Waals surface area contributed by atoms with Crippen LogP contribution in [-0.4, -0.2) is 30.3 Å². The van der Waals surface area contributed by atoms with E-state index in [2.05, 4.69) is 10.3 Å². The van der Waals surface area contributed by atoms with E-state index in [4.69, 9.17) is 0 Å². The van der Waals surface area contributed by atoms with E-state index in [9.17, 15) is 13.6 Å². The SMILES string of the molecule is O=C(NC(CF)CF)c1scnc1C1CCCC1. The van der Waals surface area contributed by atoms with Crippen molar-refractivity contribution < 1.29 is 13.6 Å². The number of aromatic nitrogens is 1. The number of hydrogen-bond donors (Lipinski definition) is 1. The average molecular weight is 274 g/mol. The molecule has 0 spiro atoms. The molecule has 1 aromatic rings. The second-order valence-electron chi connectivity index (χ2n) is 4.53. The molecular weight excluding hydrogens is 258 g/mol. The van der Waals surface area contributed by atoms with Gasteiger partial charge in [-0.1, -0.05) is 12.8 Å². The summed E-state index contributed by atoms with van der Waals surface area (Å²) in [5, 5.41) is 2.36. The summed E-state index contributed by atoms with van der Waals surface area (Å²) in [7, 11) is 0. The Hall–Kier alpha value is -1.04. The topological polar surface area (TPSA) is 42.0 Å². The second-order valence-corrected chi connectivity index (χ2v) is 5.38. The summed E-state index contributed by atoms with van der Waals surface area (Å²) >= 11 is 1.24. The van der Waals surface area contributed by atoms with Gasteiger partial charge in [0.25, 0.3) is 5.91 Å². The van der Waals surface area contributed by atoms with Crippen LogP contribution in [0.15, 0.2) is 5.51 Å². The van der Waals surface area contributed by atoms with Crippen molar-refractivity contribution in [3.05, 3.63) is 16.1 Å². The number of nitrogens with one attached hydrogen (secondary N) is 1. The third-order valence-electron chi connectivity index (χ3n) is 3.25. The molecule has 0 radical (unpaired) electrons. The summed E-state index contributed by atoms with van der Waals surface area (Å²) in [6, 6.07) is -1.05. The molecule has 0 aromatic carbocycles. The van der Waals surface area contributed by atoms with E-state index in [-0.39, 0.29) is 0 Å². The molecule has 6 heteroatoms. The lowest BCUT2D eigenvalue weighted by atomic mass is 10.0. The monoisotopic (exact) mass is 274 g/mol. The Kier molecular flexibility index (Phi) is 4.63. The zero-order valence-electron chi connectivity index (χ0n) is 9.99. The van der Waals surface area contributed by atoms with E-state index in [1.54, 1.807) is 5.51 Å². The van der Waals surface area contributed by atoms with Crippen LogP contribution in [0.25, 0.3) is 0 Å². The molecule has 1 saturated carbocycles. The summed E-state index contributed by atoms with van der Waals surface area (Å²) in [6.07, 6.45) is 4.39. The summed E-state index contributed by atoms with van der Waals surface area (Å²) in [6.45, 7) is -1.78. The number of rotatable bonds is 5. The van der Waals surface area contributed by atoms with Crippen molar-refractivity contribution >= 4 is 17.2 Å². The quantitative estimate of drug-likeness (QED) is 0.897. The molecule has 0 atom stereocenters. The van der Waals surface area contributed by atoms with Crippen LogP contribution in [0.4, 0.5) is 8.78 Å². The van der Waals surface area contributed by atoms with Gasteiger partial charge in [-0.15, -0.1) is 11.3 Å². The van der Waals surface area contributed by atoms with Gasteiger partial charge in [-0.2, -0.15) is 0 Å². The Morgan fingerprint density at radius 1 is 1.44 bits per heavy atom. The average Bonchev–Trinajstić information content (AvgIpc) is 3.04. The maximum absolute atomic E-state index is 12.4. The molecule has 1 aliphatic rings. The Morgan fingerprint density at radius 3 is 2.72 bits per heavy atom. The number of thiazole rings is 1. The number of carbonyl (C=O) groups excluding carboxylic acids is 1. The van der Waals surface area contributed by atoms with Crippen molar-refractivity contribution in [2.75, 3.05) is 13.3 Å². The second kappa shape index (κ2) is 6.22. The smallest absolute Gasteiger partial charge is 0.263 e. The predicted molar refractivity (Wildman–Crippen MR) is 66.5 cm³/mol. The molecule has 1 aromatic heterocycles. The summed E-state index contributed by atoms with van der Waals surface area (Å²) < 4.78 is 24.8. The van der Waals surface area contributed by atoms with Crippen LogP contribution < -0.4 is 5.32 Å². The summed E-state index contributed by atoms with van der Waals surface area (Å²) in [5.41, 5.74) is 2.43. The van der Waals surface area contributed by atoms with Crippen LogP contribution in [0.3, 0.4) is 0 Å². The van der Waals surface area contributed by atoms with Gasteiger partial charge < -0.3 is 5.32 Å². The molecule has 0 aliphatic heterocycles. The van der Waals surface area contributed by atoms with E-state index in [0.29, 0.717) is 10.8 Å². The Labute approximate surface area is 109 Å². The zero-order valence-corrected chi connectivity index (χ0v) is 10.8. The third kappa shape index (κ3) is 2.85. The molecule has 1 fully saturated rings. The number of hydrogen-bond acceptors (Lipinski definition) is 3. The van der Waals surface area contributed by atoms with E-state index < -0.39 is 25.3 Å². The minimum absolute atomic E-state index is 0.325. The van der Waals surface area contributed by atoms with Gasteiger partial charge in [0, 0.05) is 5.92 Å². The normalized spacial score (nSPS) is 16.4. The highest BCUT2D eigenvalue weighted by molar-refractivity contribution is 7.11. The molecule has 1 amide bonds. The predicted octanol–water partition coefficient (Wildman–Crippen LogP) is 2.84. The van der Waals surface area contributed by atoms with Crippen molar-refractivity contribution in [1.82, 2.24) is 10.3 Å². The molecular formula is C12H16F2N2OS. The fraction of sp³-hybridized carbons (Fsp3) is 0.667. The molecule has 100 valence electrons. The van der Waals surface area contributed by atoms with Gasteiger partial charge >= 0.3 is 0 Å². The Balaban J connectivity index is 2.08. The van der Waals surface area contributed by atoms with Gasteiger partial charge in [0.05, 0.1) is 17.2 Å². The van der Waals surface area contributed by atoms with E-state index in [1.807, 2.05) is 0 Å². The van der Waals surface area contributed by atoms with Crippen LogP contribution in [0.2, 0.25) is 0 Å². The maximum atomic E-state index is 12.4. The number of nitrogens with zero attached hydrogens (tertiary/aromatic N) is 1. The van der Waals surface area contributed by atoms with Crippen molar-refractivity contribution in [2.45, 2.75) is 37.6 Å². The summed E-state index contributed by atoms with van der Waals surface area (Å²) in [5.74, 6) is -0.0779. The Bertz CT molecular complexity index is 401. The van der Waals surface area contributed by atoms with Crippen LogP contribution >= 0.6 is 11.3 Å². The highest BCUT2D eigenvalue weighted by Crippen LogP contribution is 2.36. The van der Waals surface area contributed by atoms with Gasteiger partial charge in [0.1, 0.15) is 18.2 Å². The molecule has 18 heavy (non-hydrogen) atoms. The fourth-order valence-corrected chi connectivity index (χ4v) is 3.06. The molecule has 3 nitrogen and oxygen atoms in total. The number of halogens is 2. The van der Waals surface area contributed by atoms with Crippen molar-refractivity contribution in [2.24, 2.45) is 0 Å². The Morgan fingerprint density at radius 2 is 2.11 bits per heavy atom. The van der Waals surface area contributed by atoms with Gasteiger partial charge in [-0.05, 0) is 12.8 Å². The zero-order chi connectivity index (χ0) is 13.0. The largest absolute Gasteiger partial charge is 0.343 e. The van der Waals surface area contributed by atoms with Crippen LogP contribution in [0.1, 0.15) is 47.0 Å². The van der Waals surface area contributed by atoms with Crippen LogP contribution in [0.5, 0.6) is 0 Å². The first-order valence-electron chi connectivity index (χ1n) is 6.12. The molecule has 1 N–H and O–H groups in total. The number of amides is 1. The first-order chi connectivity index (χ1) is 8.76.